The minimum Gasteiger partial charge on any atom is -0.388 e. The molecular formula is C9H17N2O+. The molecule has 0 amide bonds. The maximum Gasteiger partial charge on any atom is 0.243 e. The molecule has 0 aromatic carbocycles. The Morgan fingerprint density at radius 2 is 2.33 bits per heavy atom. The second kappa shape index (κ2) is 4.26. The molecule has 0 bridgehead atoms. The van der Waals surface area contributed by atoms with Gasteiger partial charge in [0.15, 0.2) is 5.69 Å². The molecule has 1 aromatic heterocycles. The normalized spacial score (nSPS) is 10.6. The molecular weight excluding hydrogens is 152 g/mol. The summed E-state index contributed by atoms with van der Waals surface area (Å²) in [7, 11) is 1.97. The Hall–Kier alpha value is -0.830. The van der Waals surface area contributed by atoms with Gasteiger partial charge in [0.1, 0.15) is 12.8 Å². The van der Waals surface area contributed by atoms with E-state index in [0.717, 1.165) is 12.2 Å². The smallest absolute Gasteiger partial charge is 0.243 e. The first-order valence-electron chi connectivity index (χ1n) is 4.43. The molecule has 1 heterocycles. The van der Waals surface area contributed by atoms with Crippen molar-refractivity contribution in [2.45, 2.75) is 32.9 Å². The molecule has 0 spiro atoms. The van der Waals surface area contributed by atoms with E-state index in [2.05, 4.69) is 11.5 Å². The maximum atomic E-state index is 9.00. The van der Waals surface area contributed by atoms with E-state index in [9.17, 15) is 0 Å². The first-order chi connectivity index (χ1) is 5.77. The second-order valence-corrected chi connectivity index (χ2v) is 3.11. The van der Waals surface area contributed by atoms with Gasteiger partial charge >= 0.3 is 0 Å². The average molecular weight is 169 g/mol. The van der Waals surface area contributed by atoms with Crippen molar-refractivity contribution >= 4 is 0 Å². The van der Waals surface area contributed by atoms with Crippen molar-refractivity contribution in [2.75, 3.05) is 0 Å². The highest BCUT2D eigenvalue weighted by atomic mass is 16.3. The predicted octanol–water partition coefficient (Wildman–Crippen LogP) is 0.605. The average Bonchev–Trinajstić information content (AvgIpc) is 2.42. The van der Waals surface area contributed by atoms with Crippen LogP contribution >= 0.6 is 0 Å². The van der Waals surface area contributed by atoms with Gasteiger partial charge in [0, 0.05) is 0 Å². The molecule has 0 radical (unpaired) electrons. The van der Waals surface area contributed by atoms with Gasteiger partial charge < -0.3 is 5.11 Å². The standard InChI is InChI=1S/C9H17N2O/c1-3-4-5-11-8-10(2)6-9(11)7-12/h6,8,12H,3-5,7H2,1-2H3/q+1. The van der Waals surface area contributed by atoms with Gasteiger partial charge in [-0.2, -0.15) is 0 Å². The van der Waals surface area contributed by atoms with E-state index in [4.69, 9.17) is 5.11 Å². The van der Waals surface area contributed by atoms with Crippen LogP contribution in [0.3, 0.4) is 0 Å². The van der Waals surface area contributed by atoms with E-state index in [0.29, 0.717) is 0 Å². The number of aliphatic hydroxyl groups excluding tert-OH is 1. The van der Waals surface area contributed by atoms with E-state index >= 15 is 0 Å². The van der Waals surface area contributed by atoms with Crippen LogP contribution in [0.5, 0.6) is 0 Å². The summed E-state index contributed by atoms with van der Waals surface area (Å²) in [5, 5.41) is 9.00. The Morgan fingerprint density at radius 3 is 2.92 bits per heavy atom. The molecule has 0 fully saturated rings. The van der Waals surface area contributed by atoms with Crippen molar-refractivity contribution in [3.05, 3.63) is 18.2 Å². The number of rotatable bonds is 4. The van der Waals surface area contributed by atoms with E-state index < -0.39 is 0 Å². The Labute approximate surface area is 73.3 Å². The lowest BCUT2D eigenvalue weighted by Crippen LogP contribution is -2.23. The van der Waals surface area contributed by atoms with Crippen LogP contribution in [0.4, 0.5) is 0 Å². The lowest BCUT2D eigenvalue weighted by molar-refractivity contribution is -0.671. The van der Waals surface area contributed by atoms with Crippen molar-refractivity contribution in [1.29, 1.82) is 0 Å². The lowest BCUT2D eigenvalue weighted by atomic mass is 10.3. The number of hydrogen-bond donors (Lipinski definition) is 1. The Balaban J connectivity index is 2.68. The molecule has 0 aliphatic heterocycles. The highest BCUT2D eigenvalue weighted by molar-refractivity contribution is 4.90. The molecule has 1 N–H and O–H groups in total. The summed E-state index contributed by atoms with van der Waals surface area (Å²) in [6.07, 6.45) is 6.32. The number of imidazole rings is 1. The summed E-state index contributed by atoms with van der Waals surface area (Å²) in [6.45, 7) is 3.31. The molecule has 0 unspecified atom stereocenters. The molecule has 12 heavy (non-hydrogen) atoms. The molecule has 1 rings (SSSR count). The van der Waals surface area contributed by atoms with Crippen LogP contribution in [0.1, 0.15) is 25.5 Å². The number of aromatic nitrogens is 2. The third-order valence-corrected chi connectivity index (χ3v) is 1.96. The first kappa shape index (κ1) is 9.26. The van der Waals surface area contributed by atoms with Crippen LogP contribution in [-0.2, 0) is 20.2 Å². The zero-order chi connectivity index (χ0) is 8.97. The van der Waals surface area contributed by atoms with Crippen LogP contribution in [0.2, 0.25) is 0 Å². The van der Waals surface area contributed by atoms with Crippen LogP contribution in [0.15, 0.2) is 12.5 Å². The Kier molecular flexibility index (Phi) is 3.29. The van der Waals surface area contributed by atoms with Crippen LogP contribution in [0, 0.1) is 0 Å². The van der Waals surface area contributed by atoms with E-state index in [1.54, 1.807) is 0 Å². The van der Waals surface area contributed by atoms with Crippen molar-refractivity contribution in [2.24, 2.45) is 7.05 Å². The zero-order valence-electron chi connectivity index (χ0n) is 7.82. The summed E-state index contributed by atoms with van der Waals surface area (Å²) < 4.78 is 4.07. The topological polar surface area (TPSA) is 29.0 Å². The van der Waals surface area contributed by atoms with Gasteiger partial charge in [-0.3, -0.25) is 0 Å². The molecule has 1 aromatic rings. The SMILES string of the molecule is CCCCn1c[n+](C)cc1CO. The van der Waals surface area contributed by atoms with Gasteiger partial charge in [-0.15, -0.1) is 0 Å². The van der Waals surface area contributed by atoms with Crippen molar-refractivity contribution in [3.8, 4) is 0 Å². The largest absolute Gasteiger partial charge is 0.388 e. The van der Waals surface area contributed by atoms with Gasteiger partial charge in [0.05, 0.1) is 13.6 Å². The fourth-order valence-corrected chi connectivity index (χ4v) is 1.30. The predicted molar refractivity (Wildman–Crippen MR) is 46.4 cm³/mol. The summed E-state index contributed by atoms with van der Waals surface area (Å²) in [6, 6.07) is 0. The van der Waals surface area contributed by atoms with Crippen molar-refractivity contribution in [1.82, 2.24) is 4.57 Å². The third-order valence-electron chi connectivity index (χ3n) is 1.96. The van der Waals surface area contributed by atoms with Gasteiger partial charge in [0.2, 0.25) is 6.33 Å². The molecule has 0 aliphatic carbocycles. The monoisotopic (exact) mass is 169 g/mol. The summed E-state index contributed by atoms with van der Waals surface area (Å²) in [5.41, 5.74) is 0.992. The van der Waals surface area contributed by atoms with Crippen LogP contribution in [-0.4, -0.2) is 9.67 Å². The Bertz CT molecular complexity index is 243. The van der Waals surface area contributed by atoms with E-state index in [1.807, 2.05) is 24.1 Å². The quantitative estimate of drug-likeness (QED) is 0.657. The third kappa shape index (κ3) is 2.08. The molecule has 0 aliphatic rings. The lowest BCUT2D eigenvalue weighted by Gasteiger charge is -1.96. The fraction of sp³-hybridized carbons (Fsp3) is 0.667. The minimum atomic E-state index is 0.130. The van der Waals surface area contributed by atoms with Gasteiger partial charge in [-0.1, -0.05) is 13.3 Å². The highest BCUT2D eigenvalue weighted by Gasteiger charge is 2.08. The molecule has 0 saturated carbocycles. The highest BCUT2D eigenvalue weighted by Crippen LogP contribution is 2.00. The van der Waals surface area contributed by atoms with Crippen LogP contribution < -0.4 is 4.57 Å². The second-order valence-electron chi connectivity index (χ2n) is 3.11. The first-order valence-corrected chi connectivity index (χ1v) is 4.43. The molecule has 3 heteroatoms. The Morgan fingerprint density at radius 1 is 1.58 bits per heavy atom. The molecule has 0 saturated heterocycles. The van der Waals surface area contributed by atoms with E-state index in [-0.39, 0.29) is 6.61 Å². The van der Waals surface area contributed by atoms with Crippen LogP contribution in [0.25, 0.3) is 0 Å². The number of nitrogens with zero attached hydrogens (tertiary/aromatic N) is 2. The number of hydrogen-bond acceptors (Lipinski definition) is 1. The summed E-state index contributed by atoms with van der Waals surface area (Å²) in [5.74, 6) is 0. The van der Waals surface area contributed by atoms with Crippen molar-refractivity contribution in [3.63, 3.8) is 0 Å². The number of unbranched alkanes of at least 4 members (excludes halogenated alkanes) is 1. The van der Waals surface area contributed by atoms with Gasteiger partial charge in [-0.05, 0) is 6.42 Å². The minimum absolute atomic E-state index is 0.130. The number of aryl methyl sites for hydroxylation is 2. The van der Waals surface area contributed by atoms with Gasteiger partial charge in [-0.25, -0.2) is 9.13 Å². The maximum absolute atomic E-state index is 9.00. The van der Waals surface area contributed by atoms with Crippen molar-refractivity contribution < 1.29 is 9.67 Å². The summed E-state index contributed by atoms with van der Waals surface area (Å²) >= 11 is 0. The van der Waals surface area contributed by atoms with Gasteiger partial charge in [0.25, 0.3) is 0 Å². The number of aliphatic hydroxyl groups is 1. The molecule has 3 nitrogen and oxygen atoms in total. The summed E-state index contributed by atoms with van der Waals surface area (Å²) in [4.78, 5) is 0. The van der Waals surface area contributed by atoms with E-state index in [1.165, 1.54) is 12.8 Å². The molecule has 68 valence electrons. The molecule has 0 atom stereocenters. The zero-order valence-corrected chi connectivity index (χ0v) is 7.82. The fourth-order valence-electron chi connectivity index (χ4n) is 1.30.